The Morgan fingerprint density at radius 3 is 2.41 bits per heavy atom. The Morgan fingerprint density at radius 2 is 1.76 bits per heavy atom. The van der Waals surface area contributed by atoms with E-state index in [9.17, 15) is 14.4 Å². The monoisotopic (exact) mass is 403 g/mol. The molecule has 29 heavy (non-hydrogen) atoms. The molecule has 3 amide bonds. The smallest absolute Gasteiger partial charge is 0.410 e. The molecule has 8 nitrogen and oxygen atoms in total. The molecule has 2 heterocycles. The number of anilines is 1. The lowest BCUT2D eigenvalue weighted by Crippen LogP contribution is -2.38. The second-order valence-electron chi connectivity index (χ2n) is 8.49. The Bertz CT molecular complexity index is 802. The average molecular weight is 403 g/mol. The van der Waals surface area contributed by atoms with Crippen LogP contribution in [0.5, 0.6) is 0 Å². The fourth-order valence-electron chi connectivity index (χ4n) is 3.65. The summed E-state index contributed by atoms with van der Waals surface area (Å²) >= 11 is 0. The third-order valence-corrected chi connectivity index (χ3v) is 5.15. The number of carboxylic acids is 1. The number of fused-ring (bicyclic) bond motifs is 1. The number of ether oxygens (including phenoxy) is 1. The van der Waals surface area contributed by atoms with Gasteiger partial charge in [-0.1, -0.05) is 6.07 Å². The quantitative estimate of drug-likeness (QED) is 0.835. The van der Waals surface area contributed by atoms with Crippen molar-refractivity contribution in [3.63, 3.8) is 0 Å². The summed E-state index contributed by atoms with van der Waals surface area (Å²) in [4.78, 5) is 40.8. The van der Waals surface area contributed by atoms with Crippen LogP contribution in [0, 0.1) is 0 Å². The number of hydrogen-bond donors (Lipinski definition) is 1. The number of aliphatic carboxylic acids is 1. The van der Waals surface area contributed by atoms with Crippen molar-refractivity contribution >= 4 is 23.8 Å². The van der Waals surface area contributed by atoms with Gasteiger partial charge in [0.05, 0.1) is 6.42 Å². The van der Waals surface area contributed by atoms with Gasteiger partial charge in [0.2, 0.25) is 0 Å². The highest BCUT2D eigenvalue weighted by Crippen LogP contribution is 2.26. The summed E-state index contributed by atoms with van der Waals surface area (Å²) in [6.45, 7) is 8.04. The molecule has 3 rings (SSSR count). The largest absolute Gasteiger partial charge is 0.481 e. The van der Waals surface area contributed by atoms with Gasteiger partial charge in [-0.25, -0.2) is 9.59 Å². The van der Waals surface area contributed by atoms with Gasteiger partial charge >= 0.3 is 18.1 Å². The number of nitrogens with zero attached hydrogens (tertiary/aromatic N) is 3. The lowest BCUT2D eigenvalue weighted by Gasteiger charge is -2.26. The van der Waals surface area contributed by atoms with Crippen LogP contribution in [0.2, 0.25) is 0 Å². The van der Waals surface area contributed by atoms with E-state index in [-0.39, 0.29) is 25.1 Å². The minimum absolute atomic E-state index is 0.0513. The second-order valence-corrected chi connectivity index (χ2v) is 8.49. The lowest BCUT2D eigenvalue weighted by molar-refractivity contribution is -0.137. The van der Waals surface area contributed by atoms with Gasteiger partial charge < -0.3 is 19.6 Å². The van der Waals surface area contributed by atoms with E-state index >= 15 is 0 Å². The predicted molar refractivity (Wildman–Crippen MR) is 108 cm³/mol. The van der Waals surface area contributed by atoms with Gasteiger partial charge in [-0.3, -0.25) is 9.69 Å². The van der Waals surface area contributed by atoms with E-state index in [1.54, 1.807) is 14.7 Å². The molecule has 2 aliphatic heterocycles. The fraction of sp³-hybridized carbons (Fsp3) is 0.571. The molecule has 1 fully saturated rings. The molecule has 0 spiro atoms. The van der Waals surface area contributed by atoms with Crippen LogP contribution in [0.15, 0.2) is 18.2 Å². The first kappa shape index (κ1) is 21.0. The van der Waals surface area contributed by atoms with Gasteiger partial charge in [-0.2, -0.15) is 0 Å². The normalized spacial score (nSPS) is 17.2. The van der Waals surface area contributed by atoms with Gasteiger partial charge in [0.1, 0.15) is 5.60 Å². The molecule has 1 aromatic rings. The number of amides is 3. The third-order valence-electron chi connectivity index (χ3n) is 5.15. The van der Waals surface area contributed by atoms with Gasteiger partial charge in [-0.05, 0) is 56.9 Å². The molecule has 158 valence electrons. The molecule has 0 saturated carbocycles. The van der Waals surface area contributed by atoms with E-state index in [1.165, 1.54) is 5.56 Å². The van der Waals surface area contributed by atoms with Crippen molar-refractivity contribution in [1.29, 1.82) is 0 Å². The van der Waals surface area contributed by atoms with Crippen LogP contribution in [0.3, 0.4) is 0 Å². The van der Waals surface area contributed by atoms with Crippen LogP contribution in [0.1, 0.15) is 38.3 Å². The summed E-state index contributed by atoms with van der Waals surface area (Å²) in [5, 5.41) is 8.84. The molecule has 0 atom stereocenters. The summed E-state index contributed by atoms with van der Waals surface area (Å²) in [5.74, 6) is -0.907. The fourth-order valence-corrected chi connectivity index (χ4v) is 3.65. The number of hydrogen-bond acceptors (Lipinski definition) is 4. The molecular weight excluding hydrogens is 374 g/mol. The minimum atomic E-state index is -0.907. The van der Waals surface area contributed by atoms with Crippen molar-refractivity contribution in [2.45, 2.75) is 45.6 Å². The van der Waals surface area contributed by atoms with Crippen LogP contribution >= 0.6 is 0 Å². The first-order valence-electron chi connectivity index (χ1n) is 10.0. The molecule has 0 aromatic heterocycles. The van der Waals surface area contributed by atoms with Gasteiger partial charge in [-0.15, -0.1) is 0 Å². The Labute approximate surface area is 171 Å². The van der Waals surface area contributed by atoms with Crippen LogP contribution < -0.4 is 4.90 Å². The zero-order valence-electron chi connectivity index (χ0n) is 17.3. The Balaban J connectivity index is 1.67. The molecule has 0 bridgehead atoms. The second kappa shape index (κ2) is 8.31. The number of urea groups is 1. The highest BCUT2D eigenvalue weighted by Gasteiger charge is 2.30. The van der Waals surface area contributed by atoms with Crippen LogP contribution in [-0.4, -0.2) is 71.3 Å². The molecular formula is C21H29N3O5. The van der Waals surface area contributed by atoms with Crippen molar-refractivity contribution in [2.75, 3.05) is 37.6 Å². The predicted octanol–water partition coefficient (Wildman–Crippen LogP) is 2.74. The van der Waals surface area contributed by atoms with Crippen molar-refractivity contribution < 1.29 is 24.2 Å². The molecule has 1 N–H and O–H groups in total. The van der Waals surface area contributed by atoms with Gasteiger partial charge in [0, 0.05) is 38.4 Å². The SMILES string of the molecule is CC(C)(C)OC(=O)N1CCc2ccc(N3CCN(CCC(=O)O)C3=O)cc2CC1. The minimum Gasteiger partial charge on any atom is -0.481 e. The van der Waals surface area contributed by atoms with Crippen molar-refractivity contribution in [3.8, 4) is 0 Å². The van der Waals surface area contributed by atoms with E-state index in [2.05, 4.69) is 0 Å². The van der Waals surface area contributed by atoms with Gasteiger partial charge in [0.25, 0.3) is 0 Å². The summed E-state index contributed by atoms with van der Waals surface area (Å²) in [7, 11) is 0. The maximum absolute atomic E-state index is 12.6. The average Bonchev–Trinajstić information content (AvgIpc) is 2.85. The van der Waals surface area contributed by atoms with E-state index < -0.39 is 11.6 Å². The Kier molecular flexibility index (Phi) is 6.00. The zero-order valence-corrected chi connectivity index (χ0v) is 17.3. The van der Waals surface area contributed by atoms with Crippen LogP contribution in [0.4, 0.5) is 15.3 Å². The number of carboxylic acid groups (broad SMARTS) is 1. The number of rotatable bonds is 4. The molecule has 0 aliphatic carbocycles. The maximum Gasteiger partial charge on any atom is 0.410 e. The van der Waals surface area contributed by atoms with Crippen LogP contribution in [0.25, 0.3) is 0 Å². The summed E-state index contributed by atoms with van der Waals surface area (Å²) in [5.41, 5.74) is 2.60. The summed E-state index contributed by atoms with van der Waals surface area (Å²) < 4.78 is 5.49. The van der Waals surface area contributed by atoms with E-state index in [0.717, 1.165) is 17.7 Å². The number of carbonyl (C=O) groups excluding carboxylic acids is 2. The Hall–Kier alpha value is -2.77. The van der Waals surface area contributed by atoms with E-state index in [0.29, 0.717) is 32.6 Å². The van der Waals surface area contributed by atoms with Crippen molar-refractivity contribution in [2.24, 2.45) is 0 Å². The third kappa shape index (κ3) is 5.19. The lowest BCUT2D eigenvalue weighted by atomic mass is 10.0. The molecule has 0 radical (unpaired) electrons. The highest BCUT2D eigenvalue weighted by molar-refractivity contribution is 5.94. The highest BCUT2D eigenvalue weighted by atomic mass is 16.6. The van der Waals surface area contributed by atoms with Gasteiger partial charge in [0.15, 0.2) is 0 Å². The zero-order chi connectivity index (χ0) is 21.2. The molecule has 2 aliphatic rings. The molecule has 0 unspecified atom stereocenters. The standard InChI is InChI=1S/C21H29N3O5/c1-21(2,3)29-20(28)23-9-6-15-4-5-17(14-16(15)7-10-23)24-13-12-22(19(24)27)11-8-18(25)26/h4-5,14H,6-13H2,1-3H3,(H,25,26). The summed E-state index contributed by atoms with van der Waals surface area (Å²) in [6.07, 6.45) is 1.10. The van der Waals surface area contributed by atoms with Crippen LogP contribution in [-0.2, 0) is 22.4 Å². The first-order valence-corrected chi connectivity index (χ1v) is 10.0. The van der Waals surface area contributed by atoms with E-state index in [4.69, 9.17) is 9.84 Å². The number of benzene rings is 1. The van der Waals surface area contributed by atoms with E-state index in [1.807, 2.05) is 39.0 Å². The molecule has 1 aromatic carbocycles. The molecule has 8 heteroatoms. The van der Waals surface area contributed by atoms with Crippen molar-refractivity contribution in [3.05, 3.63) is 29.3 Å². The first-order chi connectivity index (χ1) is 13.6. The number of carbonyl (C=O) groups is 3. The van der Waals surface area contributed by atoms with Crippen molar-refractivity contribution in [1.82, 2.24) is 9.80 Å². The topological polar surface area (TPSA) is 90.4 Å². The molecule has 1 saturated heterocycles. The Morgan fingerprint density at radius 1 is 1.07 bits per heavy atom. The summed E-state index contributed by atoms with van der Waals surface area (Å²) in [6, 6.07) is 5.82. The maximum atomic E-state index is 12.6.